The lowest BCUT2D eigenvalue weighted by Crippen LogP contribution is -1.97. The Morgan fingerprint density at radius 1 is 0.850 bits per heavy atom. The molecule has 0 fully saturated rings. The molecule has 0 saturated heterocycles. The maximum Gasteiger partial charge on any atom is 0.175 e. The first kappa shape index (κ1) is 14.7. The van der Waals surface area contributed by atoms with Gasteiger partial charge in [-0.2, -0.15) is 0 Å². The monoisotopic (exact) mass is 310 g/mol. The quantitative estimate of drug-likeness (QED) is 0.872. The van der Waals surface area contributed by atoms with Gasteiger partial charge in [-0.25, -0.2) is 16.8 Å². The molecule has 0 aromatic heterocycles. The van der Waals surface area contributed by atoms with Crippen molar-refractivity contribution in [1.29, 1.82) is 0 Å². The fourth-order valence-electron chi connectivity index (χ4n) is 1.83. The van der Waals surface area contributed by atoms with E-state index in [2.05, 4.69) is 0 Å². The summed E-state index contributed by atoms with van der Waals surface area (Å²) in [6.07, 6.45) is 1.80. The Bertz CT molecular complexity index is 763. The summed E-state index contributed by atoms with van der Waals surface area (Å²) in [7, 11) is -5.73. The van der Waals surface area contributed by atoms with E-state index in [0.717, 1.165) is 11.1 Å². The lowest BCUT2D eigenvalue weighted by atomic mass is 10.1. The average molecular weight is 310 g/mol. The smallest absolute Gasteiger partial charge is 0.175 e. The Kier molecular flexibility index (Phi) is 4.25. The van der Waals surface area contributed by atoms with Gasteiger partial charge in [0.2, 0.25) is 0 Å². The summed E-state index contributed by atoms with van der Waals surface area (Å²) in [5.74, 6) is 0. The molecule has 0 atom stereocenters. The molecule has 0 amide bonds. The molecular weight excluding hydrogens is 296 g/mol. The van der Waals surface area contributed by atoms with Gasteiger partial charge >= 0.3 is 0 Å². The molecule has 2 aromatic carbocycles. The number of hydrogen-bond donors (Lipinski definition) is 1. The molecule has 20 heavy (non-hydrogen) atoms. The molecule has 0 aliphatic rings. The van der Waals surface area contributed by atoms with Crippen molar-refractivity contribution in [3.63, 3.8) is 0 Å². The highest BCUT2D eigenvalue weighted by Gasteiger charge is 2.06. The minimum Gasteiger partial charge on any atom is -0.227 e. The predicted molar refractivity (Wildman–Crippen MR) is 77.4 cm³/mol. The molecule has 2 aromatic rings. The van der Waals surface area contributed by atoms with Gasteiger partial charge in [-0.3, -0.25) is 0 Å². The van der Waals surface area contributed by atoms with Crippen LogP contribution < -0.4 is 0 Å². The zero-order chi connectivity index (χ0) is 14.8. The van der Waals surface area contributed by atoms with E-state index in [-0.39, 0.29) is 4.90 Å². The summed E-state index contributed by atoms with van der Waals surface area (Å²) in [6.45, 7) is 0. The molecular formula is C14H14O4S2. The van der Waals surface area contributed by atoms with Crippen LogP contribution in [0.3, 0.4) is 0 Å². The fraction of sp³-hybridized carbons (Fsp3) is 0.143. The summed E-state index contributed by atoms with van der Waals surface area (Å²) in [5, 5.41) is 0. The molecule has 0 saturated carbocycles. The van der Waals surface area contributed by atoms with Gasteiger partial charge < -0.3 is 0 Å². The number of thiol groups is 1. The predicted octanol–water partition coefficient (Wildman–Crippen LogP) is 1.65. The lowest BCUT2D eigenvalue weighted by molar-refractivity contribution is 0.601. The lowest BCUT2D eigenvalue weighted by Gasteiger charge is -2.04. The topological polar surface area (TPSA) is 68.3 Å². The molecule has 2 rings (SSSR count). The van der Waals surface area contributed by atoms with Crippen molar-refractivity contribution in [3.05, 3.63) is 59.7 Å². The summed E-state index contributed by atoms with van der Waals surface area (Å²) in [6, 6.07) is 13.3. The van der Waals surface area contributed by atoms with E-state index in [1.54, 1.807) is 48.5 Å². The highest BCUT2D eigenvalue weighted by Crippen LogP contribution is 2.14. The van der Waals surface area contributed by atoms with Crippen molar-refractivity contribution in [3.8, 4) is 0 Å². The first-order valence-electron chi connectivity index (χ1n) is 5.88. The zero-order valence-corrected chi connectivity index (χ0v) is 12.5. The number of sulfone groups is 1. The Morgan fingerprint density at radius 2 is 1.30 bits per heavy atom. The van der Waals surface area contributed by atoms with Crippen LogP contribution in [0.15, 0.2) is 58.3 Å². The maximum absolute atomic E-state index is 11.3. The van der Waals surface area contributed by atoms with Crippen molar-refractivity contribution in [2.24, 2.45) is 0 Å². The largest absolute Gasteiger partial charge is 0.227 e. The van der Waals surface area contributed by atoms with Gasteiger partial charge in [0.25, 0.3) is 0 Å². The third-order valence-corrected chi connectivity index (χ3v) is 4.76. The van der Waals surface area contributed by atoms with E-state index in [0.29, 0.717) is 11.3 Å². The van der Waals surface area contributed by atoms with Gasteiger partial charge in [0.05, 0.1) is 9.79 Å². The van der Waals surface area contributed by atoms with E-state index in [1.165, 1.54) is 6.26 Å². The van der Waals surface area contributed by atoms with Gasteiger partial charge in [-0.15, -0.1) is 0 Å². The number of hydrogen-bond acceptors (Lipinski definition) is 4. The summed E-state index contributed by atoms with van der Waals surface area (Å²) >= 11 is 0. The molecule has 0 aliphatic carbocycles. The van der Waals surface area contributed by atoms with Crippen LogP contribution in [-0.4, -0.2) is 23.1 Å². The molecule has 0 unspecified atom stereocenters. The Morgan fingerprint density at radius 3 is 1.70 bits per heavy atom. The van der Waals surface area contributed by atoms with Crippen LogP contribution in [-0.2, 0) is 27.0 Å². The van der Waals surface area contributed by atoms with Crippen molar-refractivity contribution < 1.29 is 16.8 Å². The molecule has 0 aliphatic heterocycles. The van der Waals surface area contributed by atoms with Crippen molar-refractivity contribution in [2.75, 3.05) is 6.26 Å². The Labute approximate surface area is 120 Å². The van der Waals surface area contributed by atoms with Crippen LogP contribution in [0.4, 0.5) is 0 Å². The molecule has 106 valence electrons. The Hall–Kier alpha value is -1.66. The van der Waals surface area contributed by atoms with E-state index < -0.39 is 20.5 Å². The molecule has 0 N–H and O–H groups in total. The third-order valence-electron chi connectivity index (χ3n) is 2.91. The fourth-order valence-corrected chi connectivity index (χ4v) is 2.85. The standard InChI is InChI=1S/C14H14O4S2/c1-20(17,18)14-8-4-12(5-9-14)10-11-2-6-13(7-3-11)19(15)16/h2-9,19H,10H2,1H3. The average Bonchev–Trinajstić information content (AvgIpc) is 2.39. The van der Waals surface area contributed by atoms with Gasteiger partial charge in [-0.1, -0.05) is 24.3 Å². The highest BCUT2D eigenvalue weighted by atomic mass is 32.2. The summed E-state index contributed by atoms with van der Waals surface area (Å²) in [4.78, 5) is 0.580. The second-order valence-corrected chi connectivity index (χ2v) is 7.56. The van der Waals surface area contributed by atoms with Crippen LogP contribution >= 0.6 is 0 Å². The van der Waals surface area contributed by atoms with Crippen LogP contribution in [0.5, 0.6) is 0 Å². The minimum absolute atomic E-state index is 0.288. The SMILES string of the molecule is CS(=O)(=O)c1ccc(Cc2ccc([SH](=O)=O)cc2)cc1. The van der Waals surface area contributed by atoms with Crippen LogP contribution in [0.25, 0.3) is 0 Å². The van der Waals surface area contributed by atoms with Crippen LogP contribution in [0, 0.1) is 0 Å². The van der Waals surface area contributed by atoms with Gasteiger partial charge in [0.1, 0.15) is 0 Å². The molecule has 0 radical (unpaired) electrons. The van der Waals surface area contributed by atoms with E-state index in [9.17, 15) is 16.8 Å². The normalized spacial score (nSPS) is 11.7. The second-order valence-electron chi connectivity index (χ2n) is 4.52. The van der Waals surface area contributed by atoms with E-state index >= 15 is 0 Å². The molecule has 4 nitrogen and oxygen atoms in total. The highest BCUT2D eigenvalue weighted by molar-refractivity contribution is 7.90. The minimum atomic E-state index is -3.17. The maximum atomic E-state index is 11.3. The van der Waals surface area contributed by atoms with Crippen molar-refractivity contribution >= 4 is 20.5 Å². The number of rotatable bonds is 4. The molecule has 0 bridgehead atoms. The van der Waals surface area contributed by atoms with Gasteiger partial charge in [0, 0.05) is 6.26 Å². The molecule has 0 heterocycles. The third kappa shape index (κ3) is 3.68. The first-order valence-corrected chi connectivity index (χ1v) is 8.95. The zero-order valence-electron chi connectivity index (χ0n) is 10.8. The summed E-state index contributed by atoms with van der Waals surface area (Å²) in [5.41, 5.74) is 1.94. The van der Waals surface area contributed by atoms with Gasteiger partial charge in [0.15, 0.2) is 20.5 Å². The van der Waals surface area contributed by atoms with Crippen molar-refractivity contribution in [1.82, 2.24) is 0 Å². The van der Waals surface area contributed by atoms with Crippen LogP contribution in [0.2, 0.25) is 0 Å². The van der Waals surface area contributed by atoms with E-state index in [1.807, 2.05) is 0 Å². The van der Waals surface area contributed by atoms with Crippen molar-refractivity contribution in [2.45, 2.75) is 16.2 Å². The summed E-state index contributed by atoms with van der Waals surface area (Å²) < 4.78 is 44.3. The molecule has 0 spiro atoms. The van der Waals surface area contributed by atoms with Crippen LogP contribution in [0.1, 0.15) is 11.1 Å². The first-order chi connectivity index (χ1) is 9.36. The second kappa shape index (κ2) is 5.76. The number of benzene rings is 2. The Balaban J connectivity index is 2.18. The van der Waals surface area contributed by atoms with E-state index in [4.69, 9.17) is 0 Å². The molecule has 6 heteroatoms. The van der Waals surface area contributed by atoms with Gasteiger partial charge in [-0.05, 0) is 41.8 Å².